The van der Waals surface area contributed by atoms with Gasteiger partial charge in [0.25, 0.3) is 0 Å². The monoisotopic (exact) mass is 346 g/mol. The minimum atomic E-state index is 0.547. The molecule has 0 amide bonds. The van der Waals surface area contributed by atoms with E-state index in [2.05, 4.69) is 38.3 Å². The van der Waals surface area contributed by atoms with Gasteiger partial charge in [0, 0.05) is 48.1 Å². The summed E-state index contributed by atoms with van der Waals surface area (Å²) in [5.74, 6) is 0.934. The van der Waals surface area contributed by atoms with Gasteiger partial charge in [0.15, 0.2) is 5.65 Å². The highest BCUT2D eigenvalue weighted by atomic mass is 15.3. The van der Waals surface area contributed by atoms with E-state index in [4.69, 9.17) is 4.98 Å². The van der Waals surface area contributed by atoms with Crippen molar-refractivity contribution >= 4 is 22.5 Å². The summed E-state index contributed by atoms with van der Waals surface area (Å²) in [6.07, 6.45) is 11.1. The van der Waals surface area contributed by atoms with Crippen LogP contribution in [0.4, 0.5) is 5.82 Å². The molecular formula is C20H22N6. The van der Waals surface area contributed by atoms with E-state index in [1.165, 1.54) is 25.7 Å². The van der Waals surface area contributed by atoms with E-state index in [1.54, 1.807) is 0 Å². The number of hydrogen-bond donors (Lipinski definition) is 1. The highest BCUT2D eigenvalue weighted by Gasteiger charge is 2.22. The Morgan fingerprint density at radius 2 is 2.04 bits per heavy atom. The van der Waals surface area contributed by atoms with E-state index >= 15 is 0 Å². The molecule has 4 aromatic heterocycles. The lowest BCUT2D eigenvalue weighted by atomic mass is 10.1. The number of aryl methyl sites for hydroxylation is 1. The quantitative estimate of drug-likeness (QED) is 0.604. The summed E-state index contributed by atoms with van der Waals surface area (Å²) in [4.78, 5) is 9.61. The van der Waals surface area contributed by atoms with E-state index in [0.717, 1.165) is 39.3 Å². The molecule has 0 radical (unpaired) electrons. The molecule has 4 heterocycles. The van der Waals surface area contributed by atoms with Gasteiger partial charge < -0.3 is 9.88 Å². The van der Waals surface area contributed by atoms with Crippen molar-refractivity contribution in [3.8, 4) is 11.3 Å². The van der Waals surface area contributed by atoms with Crippen LogP contribution in [0.3, 0.4) is 0 Å². The van der Waals surface area contributed by atoms with Crippen LogP contribution in [0.25, 0.3) is 27.9 Å². The molecule has 1 N–H and O–H groups in total. The summed E-state index contributed by atoms with van der Waals surface area (Å²) in [7, 11) is 1.92. The Labute approximate surface area is 151 Å². The molecule has 5 rings (SSSR count). The predicted octanol–water partition coefficient (Wildman–Crippen LogP) is 4.21. The smallest absolute Gasteiger partial charge is 0.160 e. The summed E-state index contributed by atoms with van der Waals surface area (Å²) < 4.78 is 4.22. The van der Waals surface area contributed by atoms with Crippen molar-refractivity contribution in [1.82, 2.24) is 24.1 Å². The van der Waals surface area contributed by atoms with Crippen LogP contribution in [0, 0.1) is 6.92 Å². The van der Waals surface area contributed by atoms with E-state index in [-0.39, 0.29) is 0 Å². The Balaban J connectivity index is 1.77. The summed E-state index contributed by atoms with van der Waals surface area (Å²) >= 11 is 0. The predicted molar refractivity (Wildman–Crippen MR) is 104 cm³/mol. The van der Waals surface area contributed by atoms with Crippen LogP contribution in [-0.2, 0) is 0 Å². The molecular weight excluding hydrogens is 324 g/mol. The Morgan fingerprint density at radius 3 is 2.85 bits per heavy atom. The topological polar surface area (TPSA) is 60.0 Å². The molecule has 0 aliphatic heterocycles. The maximum atomic E-state index is 4.92. The number of nitrogens with zero attached hydrogens (tertiary/aromatic N) is 5. The Morgan fingerprint density at radius 1 is 1.19 bits per heavy atom. The van der Waals surface area contributed by atoms with Crippen molar-refractivity contribution in [2.24, 2.45) is 0 Å². The van der Waals surface area contributed by atoms with Crippen LogP contribution in [0.5, 0.6) is 0 Å². The van der Waals surface area contributed by atoms with Gasteiger partial charge in [-0.3, -0.25) is 0 Å². The Kier molecular flexibility index (Phi) is 3.45. The fourth-order valence-electron chi connectivity index (χ4n) is 4.14. The summed E-state index contributed by atoms with van der Waals surface area (Å²) in [5.41, 5.74) is 5.12. The lowest BCUT2D eigenvalue weighted by Gasteiger charge is -2.12. The first kappa shape index (κ1) is 15.4. The van der Waals surface area contributed by atoms with E-state index in [0.29, 0.717) is 6.04 Å². The number of aromatic nitrogens is 5. The maximum Gasteiger partial charge on any atom is 0.160 e. The van der Waals surface area contributed by atoms with Gasteiger partial charge in [0.05, 0.1) is 11.9 Å². The van der Waals surface area contributed by atoms with E-state index < -0.39 is 0 Å². The molecule has 1 saturated carbocycles. The van der Waals surface area contributed by atoms with Gasteiger partial charge in [-0.1, -0.05) is 12.8 Å². The zero-order valence-electron chi connectivity index (χ0n) is 15.1. The van der Waals surface area contributed by atoms with Gasteiger partial charge in [-0.05, 0) is 31.9 Å². The number of pyridine rings is 1. The third-order valence-electron chi connectivity index (χ3n) is 5.49. The summed E-state index contributed by atoms with van der Waals surface area (Å²) in [6.45, 7) is 2.04. The van der Waals surface area contributed by atoms with Gasteiger partial charge in [-0.2, -0.15) is 9.61 Å². The molecule has 0 spiro atoms. The van der Waals surface area contributed by atoms with Gasteiger partial charge in [-0.15, -0.1) is 0 Å². The average molecular weight is 346 g/mol. The number of anilines is 1. The molecule has 132 valence electrons. The Hall–Kier alpha value is -2.89. The molecule has 0 atom stereocenters. The normalized spacial score (nSPS) is 15.3. The van der Waals surface area contributed by atoms with Crippen molar-refractivity contribution < 1.29 is 0 Å². The second-order valence-corrected chi connectivity index (χ2v) is 7.10. The summed E-state index contributed by atoms with van der Waals surface area (Å²) in [5, 5.41) is 8.83. The van der Waals surface area contributed by atoms with Crippen LogP contribution in [0.15, 0.2) is 36.8 Å². The van der Waals surface area contributed by atoms with E-state index in [9.17, 15) is 0 Å². The van der Waals surface area contributed by atoms with Gasteiger partial charge in [-0.25, -0.2) is 9.97 Å². The fourth-order valence-corrected chi connectivity index (χ4v) is 4.14. The number of hydrogen-bond acceptors (Lipinski definition) is 4. The van der Waals surface area contributed by atoms with Crippen LogP contribution >= 0.6 is 0 Å². The van der Waals surface area contributed by atoms with Crippen molar-refractivity contribution in [3.05, 3.63) is 42.4 Å². The third-order valence-corrected chi connectivity index (χ3v) is 5.49. The summed E-state index contributed by atoms with van der Waals surface area (Å²) in [6, 6.07) is 6.77. The molecule has 0 saturated heterocycles. The average Bonchev–Trinajstić information content (AvgIpc) is 3.40. The molecule has 0 bridgehead atoms. The molecule has 4 aromatic rings. The van der Waals surface area contributed by atoms with Crippen molar-refractivity contribution in [3.63, 3.8) is 0 Å². The van der Waals surface area contributed by atoms with Crippen LogP contribution in [0.1, 0.15) is 37.3 Å². The lowest BCUT2D eigenvalue weighted by molar-refractivity contribution is 0.532. The SMILES string of the molecule is CNc1cc(-c2cn(C3CCCC3)c3ncccc23)nc2c(C)cnn12. The van der Waals surface area contributed by atoms with E-state index in [1.807, 2.05) is 36.9 Å². The van der Waals surface area contributed by atoms with Crippen molar-refractivity contribution in [2.75, 3.05) is 12.4 Å². The molecule has 6 nitrogen and oxygen atoms in total. The zero-order valence-corrected chi connectivity index (χ0v) is 15.1. The first-order chi connectivity index (χ1) is 12.8. The van der Waals surface area contributed by atoms with Gasteiger partial charge in [0.2, 0.25) is 0 Å². The van der Waals surface area contributed by atoms with Gasteiger partial charge >= 0.3 is 0 Å². The van der Waals surface area contributed by atoms with Crippen molar-refractivity contribution in [1.29, 1.82) is 0 Å². The molecule has 1 fully saturated rings. The largest absolute Gasteiger partial charge is 0.373 e. The molecule has 0 unspecified atom stereocenters. The highest BCUT2D eigenvalue weighted by molar-refractivity contribution is 5.94. The highest BCUT2D eigenvalue weighted by Crippen LogP contribution is 2.37. The molecule has 1 aliphatic carbocycles. The maximum absolute atomic E-state index is 4.92. The van der Waals surface area contributed by atoms with Crippen molar-refractivity contribution in [2.45, 2.75) is 38.6 Å². The minimum Gasteiger partial charge on any atom is -0.373 e. The van der Waals surface area contributed by atoms with Crippen LogP contribution < -0.4 is 5.32 Å². The number of fused-ring (bicyclic) bond motifs is 2. The first-order valence-corrected chi connectivity index (χ1v) is 9.25. The van der Waals surface area contributed by atoms with Crippen LogP contribution in [-0.4, -0.2) is 31.2 Å². The minimum absolute atomic E-state index is 0.547. The second kappa shape index (κ2) is 5.83. The zero-order chi connectivity index (χ0) is 17.7. The van der Waals surface area contributed by atoms with Crippen LogP contribution in [0.2, 0.25) is 0 Å². The molecule has 1 aliphatic rings. The molecule has 0 aromatic carbocycles. The number of nitrogens with one attached hydrogen (secondary N) is 1. The lowest BCUT2D eigenvalue weighted by Crippen LogP contribution is -2.03. The number of rotatable bonds is 3. The Bertz CT molecular complexity index is 1100. The molecule has 26 heavy (non-hydrogen) atoms. The standard InChI is InChI=1S/C20H22N6/c1-13-11-23-26-18(21-2)10-17(24-19(13)26)16-12-25(14-6-3-4-7-14)20-15(16)8-5-9-22-20/h5,8-12,14,21H,3-4,6-7H2,1-2H3. The second-order valence-electron chi connectivity index (χ2n) is 7.10. The third kappa shape index (κ3) is 2.21. The fraction of sp³-hybridized carbons (Fsp3) is 0.350. The van der Waals surface area contributed by atoms with Gasteiger partial charge in [0.1, 0.15) is 11.5 Å². The first-order valence-electron chi connectivity index (χ1n) is 9.25. The molecule has 6 heteroatoms.